The zero-order valence-corrected chi connectivity index (χ0v) is 12.4. The molecule has 0 aliphatic heterocycles. The fraction of sp³-hybridized carbons (Fsp3) is 0.357. The van der Waals surface area contributed by atoms with Crippen molar-refractivity contribution < 1.29 is 17.9 Å². The van der Waals surface area contributed by atoms with Crippen LogP contribution in [0.15, 0.2) is 29.2 Å². The van der Waals surface area contributed by atoms with Crippen LogP contribution in [0.25, 0.3) is 0 Å². The first kappa shape index (κ1) is 16.2. The molecule has 0 spiro atoms. The van der Waals surface area contributed by atoms with Crippen LogP contribution in [-0.2, 0) is 19.6 Å². The van der Waals surface area contributed by atoms with Gasteiger partial charge in [-0.15, -0.1) is 6.42 Å². The summed E-state index contributed by atoms with van der Waals surface area (Å²) < 4.78 is 31.3. The molecule has 5 nitrogen and oxygen atoms in total. The van der Waals surface area contributed by atoms with E-state index in [1.165, 1.54) is 31.4 Å². The minimum atomic E-state index is -3.80. The number of esters is 1. The van der Waals surface area contributed by atoms with Crippen molar-refractivity contribution in [1.82, 2.24) is 4.72 Å². The summed E-state index contributed by atoms with van der Waals surface area (Å²) >= 11 is 0. The van der Waals surface area contributed by atoms with Gasteiger partial charge in [-0.3, -0.25) is 4.79 Å². The van der Waals surface area contributed by atoms with Crippen molar-refractivity contribution in [3.8, 4) is 12.3 Å². The maximum atomic E-state index is 12.2. The van der Waals surface area contributed by atoms with Gasteiger partial charge >= 0.3 is 5.97 Å². The Kier molecular flexibility index (Phi) is 5.31. The number of terminal acetylenes is 1. The van der Waals surface area contributed by atoms with Gasteiger partial charge in [0.25, 0.3) is 0 Å². The first-order valence-corrected chi connectivity index (χ1v) is 7.47. The quantitative estimate of drug-likeness (QED) is 0.653. The number of carbonyl (C=O) groups is 1. The topological polar surface area (TPSA) is 72.5 Å². The van der Waals surface area contributed by atoms with Crippen LogP contribution in [0.5, 0.6) is 0 Å². The molecular weight excluding hydrogens is 278 g/mol. The van der Waals surface area contributed by atoms with Crippen LogP contribution in [0.2, 0.25) is 0 Å². The number of hydrogen-bond donors (Lipinski definition) is 1. The van der Waals surface area contributed by atoms with Crippen LogP contribution >= 0.6 is 0 Å². The second-order valence-electron chi connectivity index (χ2n) is 4.53. The van der Waals surface area contributed by atoms with E-state index in [0.29, 0.717) is 5.56 Å². The molecule has 0 saturated carbocycles. The third-order valence-electron chi connectivity index (χ3n) is 2.74. The summed E-state index contributed by atoms with van der Waals surface area (Å²) in [5.74, 6) is 1.55. The molecule has 0 fully saturated rings. The molecule has 0 heterocycles. The van der Waals surface area contributed by atoms with Gasteiger partial charge in [0.15, 0.2) is 0 Å². The van der Waals surface area contributed by atoms with E-state index in [4.69, 9.17) is 6.42 Å². The van der Waals surface area contributed by atoms with Gasteiger partial charge < -0.3 is 4.74 Å². The van der Waals surface area contributed by atoms with Crippen molar-refractivity contribution in [3.05, 3.63) is 29.8 Å². The highest BCUT2D eigenvalue weighted by molar-refractivity contribution is 7.89. The van der Waals surface area contributed by atoms with Crippen molar-refractivity contribution >= 4 is 16.0 Å². The van der Waals surface area contributed by atoms with Crippen LogP contribution in [0.1, 0.15) is 19.4 Å². The minimum Gasteiger partial charge on any atom is -0.468 e. The first-order chi connectivity index (χ1) is 9.31. The highest BCUT2D eigenvalue weighted by Crippen LogP contribution is 2.13. The molecule has 108 valence electrons. The number of benzene rings is 1. The lowest BCUT2D eigenvalue weighted by molar-refractivity contribution is -0.143. The Labute approximate surface area is 119 Å². The average molecular weight is 295 g/mol. The predicted octanol–water partition coefficient (Wildman–Crippen LogP) is 1.14. The Bertz CT molecular complexity index is 612. The lowest BCUT2D eigenvalue weighted by atomic mass is 10.1. The monoisotopic (exact) mass is 295 g/mol. The van der Waals surface area contributed by atoms with Crippen LogP contribution in [0.4, 0.5) is 0 Å². The van der Waals surface area contributed by atoms with Crippen LogP contribution < -0.4 is 4.72 Å². The molecule has 0 aromatic heterocycles. The number of carbonyl (C=O) groups excluding carboxylic acids is 1. The fourth-order valence-corrected chi connectivity index (χ4v) is 2.88. The van der Waals surface area contributed by atoms with Crippen LogP contribution in [0, 0.1) is 18.3 Å². The van der Waals surface area contributed by atoms with Crippen molar-refractivity contribution in [1.29, 1.82) is 0 Å². The molecule has 1 rings (SSSR count). The summed E-state index contributed by atoms with van der Waals surface area (Å²) in [6.07, 6.45) is 5.21. The van der Waals surface area contributed by atoms with Crippen LogP contribution in [-0.4, -0.2) is 27.5 Å². The SMILES string of the molecule is C#Cc1ccc(S(=O)(=O)N[C@@H](C(=O)OC)C(C)C)cc1. The van der Waals surface area contributed by atoms with Gasteiger partial charge in [-0.25, -0.2) is 8.42 Å². The zero-order chi connectivity index (χ0) is 15.3. The molecule has 6 heteroatoms. The second kappa shape index (κ2) is 6.55. The summed E-state index contributed by atoms with van der Waals surface area (Å²) in [7, 11) is -2.59. The highest BCUT2D eigenvalue weighted by Gasteiger charge is 2.28. The molecule has 1 atom stereocenters. The van der Waals surface area contributed by atoms with Gasteiger partial charge in [0, 0.05) is 5.56 Å². The van der Waals surface area contributed by atoms with E-state index < -0.39 is 22.0 Å². The minimum absolute atomic E-state index is 0.0473. The van der Waals surface area contributed by atoms with E-state index in [0.717, 1.165) is 0 Å². The normalized spacial score (nSPS) is 12.8. The number of methoxy groups -OCH3 is 1. The summed E-state index contributed by atoms with van der Waals surface area (Å²) in [5.41, 5.74) is 0.581. The Hall–Kier alpha value is -1.84. The Balaban J connectivity index is 3.03. The lowest BCUT2D eigenvalue weighted by Crippen LogP contribution is -2.44. The second-order valence-corrected chi connectivity index (χ2v) is 6.25. The lowest BCUT2D eigenvalue weighted by Gasteiger charge is -2.19. The summed E-state index contributed by atoms with van der Waals surface area (Å²) in [6.45, 7) is 3.46. The largest absolute Gasteiger partial charge is 0.468 e. The van der Waals surface area contributed by atoms with Crippen molar-refractivity contribution in [3.63, 3.8) is 0 Å². The number of hydrogen-bond acceptors (Lipinski definition) is 4. The first-order valence-electron chi connectivity index (χ1n) is 5.98. The molecular formula is C14H17NO4S. The number of rotatable bonds is 5. The van der Waals surface area contributed by atoms with Gasteiger partial charge in [0.1, 0.15) is 6.04 Å². The van der Waals surface area contributed by atoms with E-state index in [1.54, 1.807) is 13.8 Å². The molecule has 0 amide bonds. The Morgan fingerprint density at radius 3 is 2.25 bits per heavy atom. The van der Waals surface area contributed by atoms with E-state index >= 15 is 0 Å². The van der Waals surface area contributed by atoms with Gasteiger partial charge in [0.05, 0.1) is 12.0 Å². The van der Waals surface area contributed by atoms with Crippen molar-refractivity contribution in [2.45, 2.75) is 24.8 Å². The van der Waals surface area contributed by atoms with Gasteiger partial charge in [-0.05, 0) is 30.2 Å². The van der Waals surface area contributed by atoms with Crippen molar-refractivity contribution in [2.75, 3.05) is 7.11 Å². The molecule has 0 bridgehead atoms. The molecule has 20 heavy (non-hydrogen) atoms. The summed E-state index contributed by atoms with van der Waals surface area (Å²) in [4.78, 5) is 11.6. The molecule has 0 aliphatic carbocycles. The van der Waals surface area contributed by atoms with E-state index in [1.807, 2.05) is 0 Å². The molecule has 1 aromatic carbocycles. The molecule has 1 N–H and O–H groups in total. The highest BCUT2D eigenvalue weighted by atomic mass is 32.2. The smallest absolute Gasteiger partial charge is 0.324 e. The molecule has 0 radical (unpaired) electrons. The third kappa shape index (κ3) is 3.83. The van der Waals surface area contributed by atoms with Gasteiger partial charge in [-0.1, -0.05) is 19.8 Å². The number of sulfonamides is 1. The maximum absolute atomic E-state index is 12.2. The van der Waals surface area contributed by atoms with E-state index in [2.05, 4.69) is 15.4 Å². The van der Waals surface area contributed by atoms with E-state index in [9.17, 15) is 13.2 Å². The predicted molar refractivity (Wildman–Crippen MR) is 75.3 cm³/mol. The average Bonchev–Trinajstić information content (AvgIpc) is 2.43. The Morgan fingerprint density at radius 1 is 1.30 bits per heavy atom. The fourth-order valence-electron chi connectivity index (χ4n) is 1.55. The molecule has 0 aliphatic rings. The van der Waals surface area contributed by atoms with Crippen molar-refractivity contribution in [2.24, 2.45) is 5.92 Å². The molecule has 1 aromatic rings. The maximum Gasteiger partial charge on any atom is 0.324 e. The van der Waals surface area contributed by atoms with Gasteiger partial charge in [0.2, 0.25) is 10.0 Å². The summed E-state index contributed by atoms with van der Waals surface area (Å²) in [5, 5.41) is 0. The molecule has 0 unspecified atom stereocenters. The van der Waals surface area contributed by atoms with E-state index in [-0.39, 0.29) is 10.8 Å². The third-order valence-corrected chi connectivity index (χ3v) is 4.19. The number of ether oxygens (including phenoxy) is 1. The summed E-state index contributed by atoms with van der Waals surface area (Å²) in [6, 6.07) is 4.91. The van der Waals surface area contributed by atoms with Gasteiger partial charge in [-0.2, -0.15) is 4.72 Å². The molecule has 0 saturated heterocycles. The standard InChI is InChI=1S/C14H17NO4S/c1-5-11-6-8-12(9-7-11)20(17,18)15-13(10(2)3)14(16)19-4/h1,6-10,13,15H,2-4H3/t13-/m1/s1. The van der Waals surface area contributed by atoms with Crippen LogP contribution in [0.3, 0.4) is 0 Å². The zero-order valence-electron chi connectivity index (χ0n) is 11.6. The Morgan fingerprint density at radius 2 is 1.85 bits per heavy atom. The number of nitrogens with one attached hydrogen (secondary N) is 1.